The predicted octanol–water partition coefficient (Wildman–Crippen LogP) is 0.975. The van der Waals surface area contributed by atoms with Gasteiger partial charge in [0.05, 0.1) is 6.54 Å². The third-order valence-electron chi connectivity index (χ3n) is 2.62. The first kappa shape index (κ1) is 15.1. The van der Waals surface area contributed by atoms with Crippen LogP contribution < -0.4 is 11.1 Å². The molecule has 0 saturated carbocycles. The van der Waals surface area contributed by atoms with E-state index in [1.165, 1.54) is 4.90 Å². The highest BCUT2D eigenvalue weighted by molar-refractivity contribution is 5.95. The van der Waals surface area contributed by atoms with Gasteiger partial charge in [0.15, 0.2) is 0 Å². The van der Waals surface area contributed by atoms with Crippen molar-refractivity contribution < 1.29 is 9.59 Å². The number of rotatable bonds is 7. The van der Waals surface area contributed by atoms with Crippen molar-refractivity contribution in [2.45, 2.75) is 26.7 Å². The van der Waals surface area contributed by atoms with Crippen LogP contribution in [0.1, 0.15) is 37.2 Å². The van der Waals surface area contributed by atoms with Crippen molar-refractivity contribution in [3.8, 4) is 0 Å². The molecule has 0 bridgehead atoms. The number of anilines is 1. The number of amides is 2. The van der Waals surface area contributed by atoms with Gasteiger partial charge in [-0.3, -0.25) is 9.59 Å². The number of nitrogen functional groups attached to an aromatic ring is 1. The second-order valence-electron chi connectivity index (χ2n) is 4.42. The van der Waals surface area contributed by atoms with E-state index in [-0.39, 0.29) is 18.4 Å². The normalized spacial score (nSPS) is 10.2. The van der Waals surface area contributed by atoms with Gasteiger partial charge in [0.25, 0.3) is 5.91 Å². The Bertz CT molecular complexity index is 428. The van der Waals surface area contributed by atoms with Crippen molar-refractivity contribution in [3.05, 3.63) is 18.0 Å². The number of H-pyrrole nitrogens is 1. The Hall–Kier alpha value is -1.98. The van der Waals surface area contributed by atoms with Gasteiger partial charge in [-0.1, -0.05) is 13.8 Å². The highest BCUT2D eigenvalue weighted by Crippen LogP contribution is 2.08. The molecule has 0 aliphatic carbocycles. The Balaban J connectivity index is 2.66. The number of nitrogens with two attached hydrogens (primary N) is 1. The molecule has 1 aromatic rings. The Morgan fingerprint density at radius 3 is 2.63 bits per heavy atom. The molecule has 0 unspecified atom stereocenters. The molecule has 0 spiro atoms. The summed E-state index contributed by atoms with van der Waals surface area (Å²) in [5, 5.41) is 2.77. The van der Waals surface area contributed by atoms with Gasteiger partial charge in [0.1, 0.15) is 5.69 Å². The number of aromatic nitrogens is 1. The molecule has 0 aliphatic rings. The maximum atomic E-state index is 12.2. The highest BCUT2D eigenvalue weighted by Gasteiger charge is 2.19. The van der Waals surface area contributed by atoms with Crippen LogP contribution in [-0.2, 0) is 4.79 Å². The minimum atomic E-state index is -0.204. The van der Waals surface area contributed by atoms with Gasteiger partial charge in [-0.05, 0) is 18.9 Å². The highest BCUT2D eigenvalue weighted by atomic mass is 16.2. The van der Waals surface area contributed by atoms with Crippen molar-refractivity contribution in [1.82, 2.24) is 15.2 Å². The van der Waals surface area contributed by atoms with Crippen molar-refractivity contribution in [2.24, 2.45) is 0 Å². The monoisotopic (exact) mass is 266 g/mol. The third-order valence-corrected chi connectivity index (χ3v) is 2.62. The Labute approximate surface area is 113 Å². The molecule has 2 amide bonds. The van der Waals surface area contributed by atoms with Crippen LogP contribution >= 0.6 is 0 Å². The van der Waals surface area contributed by atoms with Gasteiger partial charge in [-0.25, -0.2) is 0 Å². The number of hydrogen-bond donors (Lipinski definition) is 3. The molecule has 4 N–H and O–H groups in total. The van der Waals surface area contributed by atoms with E-state index in [0.717, 1.165) is 12.8 Å². The van der Waals surface area contributed by atoms with E-state index in [1.807, 2.05) is 13.8 Å². The van der Waals surface area contributed by atoms with Crippen molar-refractivity contribution in [1.29, 1.82) is 0 Å². The molecule has 1 aromatic heterocycles. The van der Waals surface area contributed by atoms with Crippen LogP contribution in [0.4, 0.5) is 5.69 Å². The molecule has 1 rings (SSSR count). The molecule has 6 nitrogen and oxygen atoms in total. The van der Waals surface area contributed by atoms with Crippen LogP contribution in [0.25, 0.3) is 0 Å². The molecule has 0 fully saturated rings. The Kier molecular flexibility index (Phi) is 5.92. The van der Waals surface area contributed by atoms with Crippen LogP contribution in [0.3, 0.4) is 0 Å². The molecule has 0 aromatic carbocycles. The quantitative estimate of drug-likeness (QED) is 0.687. The summed E-state index contributed by atoms with van der Waals surface area (Å²) in [5.74, 6) is -0.339. The lowest BCUT2D eigenvalue weighted by molar-refractivity contribution is -0.121. The molecule has 6 heteroatoms. The minimum absolute atomic E-state index is 0.0750. The van der Waals surface area contributed by atoms with E-state index in [2.05, 4.69) is 10.3 Å². The molecule has 19 heavy (non-hydrogen) atoms. The van der Waals surface area contributed by atoms with E-state index in [1.54, 1.807) is 12.3 Å². The summed E-state index contributed by atoms with van der Waals surface area (Å²) in [4.78, 5) is 28.2. The maximum Gasteiger partial charge on any atom is 0.270 e. The first-order valence-electron chi connectivity index (χ1n) is 6.58. The standard InChI is InChI=1S/C13H22N4O2/c1-3-5-15-12(18)9-17(6-4-2)13(19)11-7-10(14)8-16-11/h7-8,16H,3-6,9,14H2,1-2H3,(H,15,18). The number of carbonyl (C=O) groups excluding carboxylic acids is 2. The Morgan fingerprint density at radius 2 is 2.11 bits per heavy atom. The summed E-state index contributed by atoms with van der Waals surface area (Å²) in [6, 6.07) is 1.58. The fourth-order valence-electron chi connectivity index (χ4n) is 1.72. The minimum Gasteiger partial charge on any atom is -0.397 e. The molecule has 1 heterocycles. The molecule has 0 saturated heterocycles. The van der Waals surface area contributed by atoms with Gasteiger partial charge in [0, 0.05) is 25.0 Å². The molecule has 106 valence electrons. The molecule has 0 atom stereocenters. The van der Waals surface area contributed by atoms with Crippen LogP contribution in [-0.4, -0.2) is 41.3 Å². The van der Waals surface area contributed by atoms with E-state index >= 15 is 0 Å². The molecule has 0 radical (unpaired) electrons. The lowest BCUT2D eigenvalue weighted by Crippen LogP contribution is -2.41. The van der Waals surface area contributed by atoms with E-state index in [9.17, 15) is 9.59 Å². The number of nitrogens with one attached hydrogen (secondary N) is 2. The second-order valence-corrected chi connectivity index (χ2v) is 4.42. The molecular weight excluding hydrogens is 244 g/mol. The number of nitrogens with zero attached hydrogens (tertiary/aromatic N) is 1. The lowest BCUT2D eigenvalue weighted by atomic mass is 10.3. The summed E-state index contributed by atoms with van der Waals surface area (Å²) >= 11 is 0. The number of hydrogen-bond acceptors (Lipinski definition) is 3. The fourth-order valence-corrected chi connectivity index (χ4v) is 1.72. The van der Waals surface area contributed by atoms with Crippen molar-refractivity contribution in [2.75, 3.05) is 25.4 Å². The zero-order chi connectivity index (χ0) is 14.3. The van der Waals surface area contributed by atoms with Gasteiger partial charge >= 0.3 is 0 Å². The Morgan fingerprint density at radius 1 is 1.37 bits per heavy atom. The SMILES string of the molecule is CCCNC(=O)CN(CCC)C(=O)c1cc(N)c[nH]1. The smallest absolute Gasteiger partial charge is 0.270 e. The molecular formula is C13H22N4O2. The summed E-state index contributed by atoms with van der Waals surface area (Å²) < 4.78 is 0. The maximum absolute atomic E-state index is 12.2. The van der Waals surface area contributed by atoms with Crippen LogP contribution in [0.15, 0.2) is 12.3 Å². The fraction of sp³-hybridized carbons (Fsp3) is 0.538. The average molecular weight is 266 g/mol. The van der Waals surface area contributed by atoms with Gasteiger partial charge < -0.3 is 20.9 Å². The molecule has 0 aliphatic heterocycles. The average Bonchev–Trinajstić information content (AvgIpc) is 2.81. The largest absolute Gasteiger partial charge is 0.397 e. The van der Waals surface area contributed by atoms with E-state index in [4.69, 9.17) is 5.73 Å². The topological polar surface area (TPSA) is 91.2 Å². The third kappa shape index (κ3) is 4.65. The van der Waals surface area contributed by atoms with Crippen LogP contribution in [0.2, 0.25) is 0 Å². The van der Waals surface area contributed by atoms with Crippen LogP contribution in [0.5, 0.6) is 0 Å². The number of aromatic amines is 1. The summed E-state index contributed by atoms with van der Waals surface area (Å²) in [7, 11) is 0. The van der Waals surface area contributed by atoms with E-state index < -0.39 is 0 Å². The zero-order valence-corrected chi connectivity index (χ0v) is 11.5. The number of carbonyl (C=O) groups is 2. The van der Waals surface area contributed by atoms with E-state index in [0.29, 0.717) is 24.5 Å². The first-order valence-corrected chi connectivity index (χ1v) is 6.58. The van der Waals surface area contributed by atoms with Crippen molar-refractivity contribution >= 4 is 17.5 Å². The zero-order valence-electron chi connectivity index (χ0n) is 11.5. The summed E-state index contributed by atoms with van der Waals surface area (Å²) in [6.45, 7) is 5.19. The van der Waals surface area contributed by atoms with Gasteiger partial charge in [0.2, 0.25) is 5.91 Å². The summed E-state index contributed by atoms with van der Waals surface area (Å²) in [5.41, 5.74) is 6.50. The second kappa shape index (κ2) is 7.45. The van der Waals surface area contributed by atoms with Crippen molar-refractivity contribution in [3.63, 3.8) is 0 Å². The summed E-state index contributed by atoms with van der Waals surface area (Å²) in [6.07, 6.45) is 3.23. The lowest BCUT2D eigenvalue weighted by Gasteiger charge is -2.20. The first-order chi connectivity index (χ1) is 9.08. The van der Waals surface area contributed by atoms with Gasteiger partial charge in [-0.15, -0.1) is 0 Å². The predicted molar refractivity (Wildman–Crippen MR) is 74.7 cm³/mol. The van der Waals surface area contributed by atoms with Gasteiger partial charge in [-0.2, -0.15) is 0 Å². The van der Waals surface area contributed by atoms with Crippen LogP contribution in [0, 0.1) is 0 Å².